The molecule has 0 saturated carbocycles. The lowest BCUT2D eigenvalue weighted by Crippen LogP contribution is -2.49. The van der Waals surface area contributed by atoms with Gasteiger partial charge in [-0.15, -0.1) is 0 Å². The highest BCUT2D eigenvalue weighted by atomic mass is 32.2. The van der Waals surface area contributed by atoms with Crippen molar-refractivity contribution in [3.05, 3.63) is 48.0 Å². The van der Waals surface area contributed by atoms with Gasteiger partial charge in [0.15, 0.2) is 0 Å². The molecular formula is C19H28N4O2S. The number of imidazole rings is 1. The summed E-state index contributed by atoms with van der Waals surface area (Å²) in [6.07, 6.45) is 3.87. The molecule has 1 aromatic heterocycles. The second-order valence-corrected chi connectivity index (χ2v) is 9.13. The third kappa shape index (κ3) is 4.16. The van der Waals surface area contributed by atoms with Gasteiger partial charge in [0.1, 0.15) is 5.82 Å². The van der Waals surface area contributed by atoms with Gasteiger partial charge in [-0.05, 0) is 19.1 Å². The SMILES string of the molecule is Cc1ccc(S(=O)(=O)N2CCN(CCn3ccnc3C(C)C)CC2)cc1. The molecule has 142 valence electrons. The van der Waals surface area contributed by atoms with Crippen LogP contribution in [0.1, 0.15) is 31.2 Å². The van der Waals surface area contributed by atoms with Crippen molar-refractivity contribution in [3.8, 4) is 0 Å². The predicted molar refractivity (Wildman–Crippen MR) is 103 cm³/mol. The molecule has 6 nitrogen and oxygen atoms in total. The topological polar surface area (TPSA) is 58.4 Å². The minimum atomic E-state index is -3.39. The van der Waals surface area contributed by atoms with Gasteiger partial charge in [-0.25, -0.2) is 13.4 Å². The molecule has 1 aliphatic heterocycles. The zero-order valence-electron chi connectivity index (χ0n) is 15.8. The van der Waals surface area contributed by atoms with Gasteiger partial charge in [-0.3, -0.25) is 4.90 Å². The summed E-state index contributed by atoms with van der Waals surface area (Å²) < 4.78 is 29.3. The Hall–Kier alpha value is -1.70. The van der Waals surface area contributed by atoms with Gasteiger partial charge in [-0.2, -0.15) is 4.31 Å². The van der Waals surface area contributed by atoms with Crippen molar-refractivity contribution in [2.45, 2.75) is 38.1 Å². The lowest BCUT2D eigenvalue weighted by Gasteiger charge is -2.34. The summed E-state index contributed by atoms with van der Waals surface area (Å²) in [4.78, 5) is 7.13. The highest BCUT2D eigenvalue weighted by Crippen LogP contribution is 2.18. The van der Waals surface area contributed by atoms with Gasteiger partial charge in [0.2, 0.25) is 10.0 Å². The van der Waals surface area contributed by atoms with E-state index < -0.39 is 10.0 Å². The molecule has 3 rings (SSSR count). The molecule has 2 aromatic rings. The van der Waals surface area contributed by atoms with E-state index >= 15 is 0 Å². The molecule has 0 aliphatic carbocycles. The Labute approximate surface area is 156 Å². The van der Waals surface area contributed by atoms with Gasteiger partial charge in [0.25, 0.3) is 0 Å². The highest BCUT2D eigenvalue weighted by Gasteiger charge is 2.28. The van der Waals surface area contributed by atoms with Crippen LogP contribution < -0.4 is 0 Å². The quantitative estimate of drug-likeness (QED) is 0.776. The van der Waals surface area contributed by atoms with Crippen molar-refractivity contribution in [2.75, 3.05) is 32.7 Å². The number of sulfonamides is 1. The molecule has 1 aliphatic rings. The summed E-state index contributed by atoms with van der Waals surface area (Å²) in [7, 11) is -3.39. The molecule has 0 bridgehead atoms. The Morgan fingerprint density at radius 3 is 2.31 bits per heavy atom. The summed E-state index contributed by atoms with van der Waals surface area (Å²) >= 11 is 0. The van der Waals surface area contributed by atoms with E-state index in [0.29, 0.717) is 23.9 Å². The number of nitrogens with zero attached hydrogens (tertiary/aromatic N) is 4. The maximum atomic E-state index is 12.8. The minimum Gasteiger partial charge on any atom is -0.333 e. The number of piperazine rings is 1. The van der Waals surface area contributed by atoms with E-state index in [1.807, 2.05) is 31.5 Å². The van der Waals surface area contributed by atoms with Crippen molar-refractivity contribution in [1.82, 2.24) is 18.8 Å². The molecule has 2 heterocycles. The number of aromatic nitrogens is 2. The molecule has 0 spiro atoms. The van der Waals surface area contributed by atoms with Gasteiger partial charge in [0.05, 0.1) is 4.90 Å². The van der Waals surface area contributed by atoms with Crippen LogP contribution in [0.25, 0.3) is 0 Å². The number of rotatable bonds is 6. The molecule has 0 radical (unpaired) electrons. The molecule has 0 N–H and O–H groups in total. The standard InChI is InChI=1S/C19H28N4O2S/c1-16(2)19-20-8-9-22(19)13-10-21-11-14-23(15-12-21)26(24,25)18-6-4-17(3)5-7-18/h4-9,16H,10-15H2,1-3H3. The zero-order valence-corrected chi connectivity index (χ0v) is 16.6. The van der Waals surface area contributed by atoms with Gasteiger partial charge >= 0.3 is 0 Å². The second kappa shape index (κ2) is 7.90. The normalized spacial score (nSPS) is 17.1. The number of benzene rings is 1. The predicted octanol–water partition coefficient (Wildman–Crippen LogP) is 2.32. The maximum Gasteiger partial charge on any atom is 0.243 e. The molecule has 0 amide bonds. The van der Waals surface area contributed by atoms with Crippen LogP contribution in [0.15, 0.2) is 41.6 Å². The zero-order chi connectivity index (χ0) is 18.7. The number of hydrogen-bond donors (Lipinski definition) is 0. The minimum absolute atomic E-state index is 0.386. The van der Waals surface area contributed by atoms with Crippen LogP contribution in [0, 0.1) is 6.92 Å². The maximum absolute atomic E-state index is 12.8. The third-order valence-corrected chi connectivity index (χ3v) is 6.82. The van der Waals surface area contributed by atoms with Crippen molar-refractivity contribution in [2.24, 2.45) is 0 Å². The van der Waals surface area contributed by atoms with Crippen LogP contribution in [0.3, 0.4) is 0 Å². The van der Waals surface area contributed by atoms with Crippen LogP contribution in [-0.4, -0.2) is 59.9 Å². The van der Waals surface area contributed by atoms with Gasteiger partial charge < -0.3 is 4.57 Å². The fourth-order valence-electron chi connectivity index (χ4n) is 3.31. The Morgan fingerprint density at radius 1 is 1.04 bits per heavy atom. The van der Waals surface area contributed by atoms with Gasteiger partial charge in [0, 0.05) is 57.6 Å². The highest BCUT2D eigenvalue weighted by molar-refractivity contribution is 7.89. The summed E-state index contributed by atoms with van der Waals surface area (Å²) in [6, 6.07) is 7.09. The second-order valence-electron chi connectivity index (χ2n) is 7.19. The van der Waals surface area contributed by atoms with Crippen molar-refractivity contribution in [3.63, 3.8) is 0 Å². The first kappa shape index (κ1) is 19.1. The lowest BCUT2D eigenvalue weighted by molar-refractivity contribution is 0.182. The number of aryl methyl sites for hydroxylation is 1. The van der Waals surface area contributed by atoms with E-state index in [1.54, 1.807) is 16.4 Å². The first-order valence-corrected chi connectivity index (χ1v) is 10.6. The molecule has 7 heteroatoms. The molecule has 1 aromatic carbocycles. The summed E-state index contributed by atoms with van der Waals surface area (Å²) in [5.74, 6) is 1.51. The third-order valence-electron chi connectivity index (χ3n) is 4.91. The first-order valence-electron chi connectivity index (χ1n) is 9.18. The van der Waals surface area contributed by atoms with Crippen LogP contribution in [0.2, 0.25) is 0 Å². The Balaban J connectivity index is 1.55. The first-order chi connectivity index (χ1) is 12.4. The fourth-order valence-corrected chi connectivity index (χ4v) is 4.73. The fraction of sp³-hybridized carbons (Fsp3) is 0.526. The molecule has 0 atom stereocenters. The average molecular weight is 377 g/mol. The van der Waals surface area contributed by atoms with E-state index in [-0.39, 0.29) is 0 Å². The Kier molecular flexibility index (Phi) is 5.79. The van der Waals surface area contributed by atoms with Crippen molar-refractivity contribution in [1.29, 1.82) is 0 Å². The van der Waals surface area contributed by atoms with E-state index in [9.17, 15) is 8.42 Å². The van der Waals surface area contributed by atoms with E-state index in [4.69, 9.17) is 0 Å². The molecule has 0 unspecified atom stereocenters. The molecular weight excluding hydrogens is 348 g/mol. The largest absolute Gasteiger partial charge is 0.333 e. The smallest absolute Gasteiger partial charge is 0.243 e. The van der Waals surface area contributed by atoms with Crippen LogP contribution in [-0.2, 0) is 16.6 Å². The Morgan fingerprint density at radius 2 is 1.69 bits per heavy atom. The average Bonchev–Trinajstić information content (AvgIpc) is 3.09. The van der Waals surface area contributed by atoms with Crippen LogP contribution >= 0.6 is 0 Å². The summed E-state index contributed by atoms with van der Waals surface area (Å²) in [5.41, 5.74) is 1.06. The molecule has 26 heavy (non-hydrogen) atoms. The van der Waals surface area contributed by atoms with Crippen LogP contribution in [0.4, 0.5) is 0 Å². The van der Waals surface area contributed by atoms with Crippen molar-refractivity contribution >= 4 is 10.0 Å². The van der Waals surface area contributed by atoms with E-state index in [0.717, 1.165) is 37.6 Å². The Bertz CT molecular complexity index is 819. The van der Waals surface area contributed by atoms with E-state index in [1.165, 1.54) is 0 Å². The van der Waals surface area contributed by atoms with Crippen molar-refractivity contribution < 1.29 is 8.42 Å². The van der Waals surface area contributed by atoms with Gasteiger partial charge in [-0.1, -0.05) is 31.5 Å². The van der Waals surface area contributed by atoms with Crippen LogP contribution in [0.5, 0.6) is 0 Å². The lowest BCUT2D eigenvalue weighted by atomic mass is 10.2. The number of hydrogen-bond acceptors (Lipinski definition) is 4. The van der Waals surface area contributed by atoms with E-state index in [2.05, 4.69) is 28.3 Å². The molecule has 1 saturated heterocycles. The monoisotopic (exact) mass is 376 g/mol. The molecule has 1 fully saturated rings. The summed E-state index contributed by atoms with van der Waals surface area (Å²) in [6.45, 7) is 10.6. The summed E-state index contributed by atoms with van der Waals surface area (Å²) in [5, 5.41) is 0.